The van der Waals surface area contributed by atoms with Crippen LogP contribution in [-0.4, -0.2) is 11.1 Å². The Morgan fingerprint density at radius 1 is 1.11 bits per heavy atom. The predicted octanol–water partition coefficient (Wildman–Crippen LogP) is 3.55. The minimum Gasteiger partial charge on any atom is -0.489 e. The molecular formula is C15H13ClO3. The number of hydrogen-bond acceptors (Lipinski definition) is 2. The molecule has 3 nitrogen and oxygen atoms in total. The van der Waals surface area contributed by atoms with E-state index in [0.717, 1.165) is 11.1 Å². The maximum Gasteiger partial charge on any atom is 0.307 e. The summed E-state index contributed by atoms with van der Waals surface area (Å²) in [4.78, 5) is 10.6. The van der Waals surface area contributed by atoms with Crippen LogP contribution < -0.4 is 4.74 Å². The first-order valence-corrected chi connectivity index (χ1v) is 6.20. The molecule has 4 heteroatoms. The van der Waals surface area contributed by atoms with E-state index in [1.165, 1.54) is 0 Å². The summed E-state index contributed by atoms with van der Waals surface area (Å²) in [6.07, 6.45) is 0.0186. The van der Waals surface area contributed by atoms with Crippen LogP contribution in [0.3, 0.4) is 0 Å². The third-order valence-electron chi connectivity index (χ3n) is 2.63. The van der Waals surface area contributed by atoms with Crippen molar-refractivity contribution in [3.8, 4) is 5.75 Å². The lowest BCUT2D eigenvalue weighted by Crippen LogP contribution is -2.00. The summed E-state index contributed by atoms with van der Waals surface area (Å²) in [5, 5.41) is 9.34. The van der Waals surface area contributed by atoms with Gasteiger partial charge in [-0.1, -0.05) is 41.9 Å². The van der Waals surface area contributed by atoms with Gasteiger partial charge in [0.15, 0.2) is 0 Å². The van der Waals surface area contributed by atoms with E-state index in [2.05, 4.69) is 0 Å². The Bertz CT molecular complexity index is 564. The number of carbonyl (C=O) groups is 1. The van der Waals surface area contributed by atoms with Crippen molar-refractivity contribution in [2.45, 2.75) is 13.0 Å². The number of halogens is 1. The number of carboxylic acid groups (broad SMARTS) is 1. The lowest BCUT2D eigenvalue weighted by Gasteiger charge is -2.08. The van der Waals surface area contributed by atoms with Gasteiger partial charge in [-0.25, -0.2) is 0 Å². The fourth-order valence-corrected chi connectivity index (χ4v) is 1.84. The first-order chi connectivity index (χ1) is 9.15. The minimum absolute atomic E-state index is 0.0186. The third kappa shape index (κ3) is 4.00. The van der Waals surface area contributed by atoms with Gasteiger partial charge in [0, 0.05) is 10.6 Å². The number of aliphatic carboxylic acids is 1. The molecule has 0 unspecified atom stereocenters. The van der Waals surface area contributed by atoms with E-state index >= 15 is 0 Å². The number of carboxylic acids is 1. The van der Waals surface area contributed by atoms with Crippen LogP contribution in [-0.2, 0) is 17.8 Å². The first-order valence-electron chi connectivity index (χ1n) is 5.82. The van der Waals surface area contributed by atoms with Crippen LogP contribution in [0.4, 0.5) is 0 Å². The first kappa shape index (κ1) is 13.4. The molecular weight excluding hydrogens is 264 g/mol. The molecule has 2 aromatic carbocycles. The average Bonchev–Trinajstić information content (AvgIpc) is 2.39. The summed E-state index contributed by atoms with van der Waals surface area (Å²) in [5.74, 6) is -0.154. The highest BCUT2D eigenvalue weighted by molar-refractivity contribution is 6.31. The maximum absolute atomic E-state index is 10.6. The maximum atomic E-state index is 10.6. The van der Waals surface area contributed by atoms with E-state index in [-0.39, 0.29) is 6.42 Å². The smallest absolute Gasteiger partial charge is 0.307 e. The summed E-state index contributed by atoms with van der Waals surface area (Å²) < 4.78 is 5.60. The second-order valence-corrected chi connectivity index (χ2v) is 4.50. The topological polar surface area (TPSA) is 46.5 Å². The van der Waals surface area contributed by atoms with Gasteiger partial charge >= 0.3 is 5.97 Å². The Hall–Kier alpha value is -2.00. The molecule has 2 aromatic rings. The van der Waals surface area contributed by atoms with Crippen molar-refractivity contribution in [3.05, 3.63) is 64.7 Å². The van der Waals surface area contributed by atoms with Crippen molar-refractivity contribution >= 4 is 17.6 Å². The number of rotatable bonds is 5. The average molecular weight is 277 g/mol. The molecule has 0 fully saturated rings. The van der Waals surface area contributed by atoms with Gasteiger partial charge in [-0.2, -0.15) is 0 Å². The van der Waals surface area contributed by atoms with E-state index in [1.807, 2.05) is 24.3 Å². The highest BCUT2D eigenvalue weighted by Crippen LogP contribution is 2.19. The third-order valence-corrected chi connectivity index (χ3v) is 3.00. The summed E-state index contributed by atoms with van der Waals surface area (Å²) in [7, 11) is 0. The molecule has 0 amide bonds. The standard InChI is InChI=1S/C15H13ClO3/c16-14-4-2-1-3-12(14)10-19-13-7-5-11(6-8-13)9-15(17)18/h1-8H,9-10H2,(H,17,18). The summed E-state index contributed by atoms with van der Waals surface area (Å²) in [5.41, 5.74) is 1.66. The van der Waals surface area contributed by atoms with E-state index < -0.39 is 5.97 Å². The van der Waals surface area contributed by atoms with Crippen LogP contribution in [0.5, 0.6) is 5.75 Å². The van der Waals surface area contributed by atoms with Gasteiger partial charge in [-0.05, 0) is 23.8 Å². The second kappa shape index (κ2) is 6.25. The van der Waals surface area contributed by atoms with Crippen LogP contribution in [0.25, 0.3) is 0 Å². The minimum atomic E-state index is -0.843. The Kier molecular flexibility index (Phi) is 4.42. The van der Waals surface area contributed by atoms with Crippen LogP contribution in [0.1, 0.15) is 11.1 Å². The summed E-state index contributed by atoms with van der Waals surface area (Å²) in [6, 6.07) is 14.5. The fourth-order valence-electron chi connectivity index (χ4n) is 1.65. The lowest BCUT2D eigenvalue weighted by atomic mass is 10.1. The van der Waals surface area contributed by atoms with E-state index in [0.29, 0.717) is 17.4 Å². The second-order valence-electron chi connectivity index (χ2n) is 4.09. The highest BCUT2D eigenvalue weighted by Gasteiger charge is 2.02. The van der Waals surface area contributed by atoms with Gasteiger partial charge in [0.2, 0.25) is 0 Å². The molecule has 0 aliphatic rings. The predicted molar refractivity (Wildman–Crippen MR) is 73.6 cm³/mol. The molecule has 0 aliphatic heterocycles. The van der Waals surface area contributed by atoms with Crippen LogP contribution >= 0.6 is 11.6 Å². The molecule has 0 radical (unpaired) electrons. The van der Waals surface area contributed by atoms with Crippen LogP contribution in [0.2, 0.25) is 5.02 Å². The van der Waals surface area contributed by atoms with Crippen molar-refractivity contribution in [2.24, 2.45) is 0 Å². The normalized spacial score (nSPS) is 10.2. The van der Waals surface area contributed by atoms with Crippen molar-refractivity contribution in [1.29, 1.82) is 0 Å². The van der Waals surface area contributed by atoms with Crippen LogP contribution in [0, 0.1) is 0 Å². The molecule has 0 atom stereocenters. The van der Waals surface area contributed by atoms with Gasteiger partial charge in [-0.15, -0.1) is 0 Å². The van der Waals surface area contributed by atoms with E-state index in [1.54, 1.807) is 24.3 Å². The Morgan fingerprint density at radius 3 is 2.42 bits per heavy atom. The molecule has 19 heavy (non-hydrogen) atoms. The molecule has 0 spiro atoms. The van der Waals surface area contributed by atoms with Gasteiger partial charge in [0.05, 0.1) is 6.42 Å². The molecule has 0 aromatic heterocycles. The number of benzene rings is 2. The molecule has 0 aliphatic carbocycles. The zero-order valence-corrected chi connectivity index (χ0v) is 10.9. The molecule has 98 valence electrons. The Labute approximate surface area is 116 Å². The Balaban J connectivity index is 1.97. The van der Waals surface area contributed by atoms with E-state index in [9.17, 15) is 4.79 Å². The molecule has 0 saturated carbocycles. The largest absolute Gasteiger partial charge is 0.489 e. The van der Waals surface area contributed by atoms with Crippen molar-refractivity contribution in [1.82, 2.24) is 0 Å². The molecule has 2 rings (SSSR count). The molecule has 0 saturated heterocycles. The fraction of sp³-hybridized carbons (Fsp3) is 0.133. The molecule has 1 N–H and O–H groups in total. The summed E-state index contributed by atoms with van der Waals surface area (Å²) >= 11 is 6.03. The summed E-state index contributed by atoms with van der Waals surface area (Å²) in [6.45, 7) is 0.387. The lowest BCUT2D eigenvalue weighted by molar-refractivity contribution is -0.136. The van der Waals surface area contributed by atoms with Crippen molar-refractivity contribution in [3.63, 3.8) is 0 Å². The number of ether oxygens (including phenoxy) is 1. The molecule has 0 bridgehead atoms. The Morgan fingerprint density at radius 2 is 1.79 bits per heavy atom. The van der Waals surface area contributed by atoms with E-state index in [4.69, 9.17) is 21.4 Å². The van der Waals surface area contributed by atoms with Crippen LogP contribution in [0.15, 0.2) is 48.5 Å². The highest BCUT2D eigenvalue weighted by atomic mass is 35.5. The van der Waals surface area contributed by atoms with Crippen molar-refractivity contribution < 1.29 is 14.6 Å². The van der Waals surface area contributed by atoms with Crippen molar-refractivity contribution in [2.75, 3.05) is 0 Å². The quantitative estimate of drug-likeness (QED) is 0.908. The zero-order valence-electron chi connectivity index (χ0n) is 10.2. The monoisotopic (exact) mass is 276 g/mol. The SMILES string of the molecule is O=C(O)Cc1ccc(OCc2ccccc2Cl)cc1. The number of hydrogen-bond donors (Lipinski definition) is 1. The van der Waals surface area contributed by atoms with Gasteiger partial charge in [0.1, 0.15) is 12.4 Å². The van der Waals surface area contributed by atoms with Gasteiger partial charge in [0.25, 0.3) is 0 Å². The molecule has 0 heterocycles. The van der Waals surface area contributed by atoms with Gasteiger partial charge in [-0.3, -0.25) is 4.79 Å². The zero-order chi connectivity index (χ0) is 13.7. The van der Waals surface area contributed by atoms with Gasteiger partial charge < -0.3 is 9.84 Å².